The topological polar surface area (TPSA) is 114 Å². The number of hydrogen-bond donors (Lipinski definition) is 3. The van der Waals surface area contributed by atoms with Gasteiger partial charge in [0, 0.05) is 44.1 Å². The predicted molar refractivity (Wildman–Crippen MR) is 108 cm³/mol. The van der Waals surface area contributed by atoms with E-state index in [1.165, 1.54) is 7.11 Å². The lowest BCUT2D eigenvalue weighted by Crippen LogP contribution is -2.45. The number of esters is 1. The van der Waals surface area contributed by atoms with Crippen molar-refractivity contribution >= 4 is 29.7 Å². The molecule has 10 nitrogen and oxygen atoms in total. The summed E-state index contributed by atoms with van der Waals surface area (Å²) in [6.45, 7) is 3.27. The van der Waals surface area contributed by atoms with Gasteiger partial charge in [-0.3, -0.25) is 10.2 Å². The van der Waals surface area contributed by atoms with Crippen LogP contribution in [0, 0.1) is 0 Å². The average molecular weight is 416 g/mol. The number of ketones is 1. The third kappa shape index (κ3) is 4.25. The maximum absolute atomic E-state index is 13.0. The lowest BCUT2D eigenvalue weighted by Gasteiger charge is -2.27. The van der Waals surface area contributed by atoms with Crippen LogP contribution in [0.15, 0.2) is 29.5 Å². The molecule has 0 bridgehead atoms. The smallest absolute Gasteiger partial charge is 0.347 e. The van der Waals surface area contributed by atoms with Crippen molar-refractivity contribution in [3.05, 3.63) is 40.6 Å². The Balaban J connectivity index is 1.58. The van der Waals surface area contributed by atoms with Gasteiger partial charge in [0.15, 0.2) is 11.3 Å². The van der Waals surface area contributed by atoms with Gasteiger partial charge in [0.2, 0.25) is 11.7 Å². The molecular weight excluding hydrogens is 392 g/mol. The summed E-state index contributed by atoms with van der Waals surface area (Å²) in [6.07, 6.45) is 7.35. The van der Waals surface area contributed by atoms with Gasteiger partial charge in [0.25, 0.3) is 0 Å². The van der Waals surface area contributed by atoms with Crippen LogP contribution in [-0.2, 0) is 28.5 Å². The zero-order chi connectivity index (χ0) is 20.9. The minimum absolute atomic E-state index is 0.0395. The van der Waals surface area contributed by atoms with Gasteiger partial charge in [-0.15, -0.1) is 0 Å². The molecule has 0 radical (unpaired) electrons. The molecule has 30 heavy (non-hydrogen) atoms. The van der Waals surface area contributed by atoms with Crippen LogP contribution in [0.25, 0.3) is 12.2 Å². The van der Waals surface area contributed by atoms with E-state index in [9.17, 15) is 9.59 Å². The van der Waals surface area contributed by atoms with Gasteiger partial charge in [0.1, 0.15) is 12.4 Å². The van der Waals surface area contributed by atoms with Crippen LogP contribution >= 0.6 is 0 Å². The molecule has 0 amide bonds. The molecular formula is C20H24N4O6. The normalized spacial score (nSPS) is 20.2. The molecule has 3 aliphatic heterocycles. The van der Waals surface area contributed by atoms with Crippen LogP contribution in [0.1, 0.15) is 11.1 Å². The molecule has 1 aromatic rings. The average Bonchev–Trinajstić information content (AvgIpc) is 3.30. The fourth-order valence-electron chi connectivity index (χ4n) is 3.28. The monoisotopic (exact) mass is 416 g/mol. The highest BCUT2D eigenvalue weighted by atomic mass is 16.6. The summed E-state index contributed by atoms with van der Waals surface area (Å²) >= 11 is 0. The minimum Gasteiger partial charge on any atom is -0.459 e. The van der Waals surface area contributed by atoms with Crippen molar-refractivity contribution in [2.75, 3.05) is 58.5 Å². The number of nitrogens with zero attached hydrogens (tertiary/aromatic N) is 1. The number of morpholine rings is 1. The zero-order valence-corrected chi connectivity index (χ0v) is 16.7. The molecule has 0 aliphatic carbocycles. The molecule has 0 atom stereocenters. The second-order valence-electron chi connectivity index (χ2n) is 6.80. The molecule has 4 heterocycles. The van der Waals surface area contributed by atoms with Gasteiger partial charge in [-0.25, -0.2) is 9.80 Å². The van der Waals surface area contributed by atoms with E-state index in [1.54, 1.807) is 12.3 Å². The van der Waals surface area contributed by atoms with Gasteiger partial charge >= 0.3 is 5.97 Å². The number of nitrogens with one attached hydrogen (secondary N) is 3. The Morgan fingerprint density at radius 3 is 2.97 bits per heavy atom. The number of hydrogen-bond acceptors (Lipinski definition) is 9. The van der Waals surface area contributed by atoms with Crippen LogP contribution in [0.3, 0.4) is 0 Å². The van der Waals surface area contributed by atoms with Gasteiger partial charge < -0.3 is 29.2 Å². The van der Waals surface area contributed by atoms with E-state index >= 15 is 0 Å². The first-order chi connectivity index (χ1) is 14.7. The SMILES string of the molecule is COCCOC(=O)C1=C(NN2CCOCC2)O/C(=C\c2c[nH]c3c2C=CCN3)C1=O. The number of anilines is 1. The Hall–Kier alpha value is -3.08. The maximum atomic E-state index is 13.0. The van der Waals surface area contributed by atoms with Gasteiger partial charge in [0.05, 0.1) is 19.8 Å². The lowest BCUT2D eigenvalue weighted by molar-refractivity contribution is -0.141. The van der Waals surface area contributed by atoms with Crippen LogP contribution < -0.4 is 10.7 Å². The van der Waals surface area contributed by atoms with Crippen molar-refractivity contribution in [2.45, 2.75) is 0 Å². The van der Waals surface area contributed by atoms with Crippen LogP contribution in [0.2, 0.25) is 0 Å². The molecule has 0 spiro atoms. The number of carbonyl (C=O) groups excluding carboxylic acids is 2. The molecule has 10 heteroatoms. The highest BCUT2D eigenvalue weighted by Crippen LogP contribution is 2.30. The fraction of sp³-hybridized carbons (Fsp3) is 0.400. The quantitative estimate of drug-likeness (QED) is 0.255. The van der Waals surface area contributed by atoms with E-state index in [-0.39, 0.29) is 30.4 Å². The second-order valence-corrected chi connectivity index (χ2v) is 6.80. The van der Waals surface area contributed by atoms with E-state index in [4.69, 9.17) is 18.9 Å². The van der Waals surface area contributed by atoms with E-state index in [2.05, 4.69) is 15.7 Å². The fourth-order valence-corrected chi connectivity index (χ4v) is 3.28. The van der Waals surface area contributed by atoms with Crippen molar-refractivity contribution in [1.29, 1.82) is 0 Å². The number of aromatic nitrogens is 1. The standard InChI is InChI=1S/C20H24N4O6/c1-27-9-10-29-20(26)16-17(25)15(30-19(16)23-24-5-7-28-8-6-24)11-13-12-22-18-14(13)3-2-4-21-18/h2-3,11-12,21-23H,4-10H2,1H3/b15-11-. The zero-order valence-electron chi connectivity index (χ0n) is 16.7. The van der Waals surface area contributed by atoms with Gasteiger partial charge in [-0.1, -0.05) is 12.2 Å². The van der Waals surface area contributed by atoms with E-state index in [0.29, 0.717) is 26.3 Å². The molecule has 160 valence electrons. The van der Waals surface area contributed by atoms with E-state index in [0.717, 1.165) is 23.5 Å². The summed E-state index contributed by atoms with van der Waals surface area (Å²) < 4.78 is 21.2. The number of fused-ring (bicyclic) bond motifs is 1. The number of ether oxygens (including phenoxy) is 4. The Kier molecular flexibility index (Phi) is 6.17. The number of rotatable bonds is 7. The third-order valence-electron chi connectivity index (χ3n) is 4.81. The van der Waals surface area contributed by atoms with Gasteiger partial charge in [-0.2, -0.15) is 0 Å². The number of allylic oxidation sites excluding steroid dienone is 1. The number of H-pyrrole nitrogens is 1. The molecule has 1 fully saturated rings. The van der Waals surface area contributed by atoms with Crippen molar-refractivity contribution in [3.8, 4) is 0 Å². The van der Waals surface area contributed by atoms with Crippen molar-refractivity contribution < 1.29 is 28.5 Å². The van der Waals surface area contributed by atoms with E-state index < -0.39 is 11.8 Å². The summed E-state index contributed by atoms with van der Waals surface area (Å²) in [5.74, 6) is -0.308. The third-order valence-corrected chi connectivity index (χ3v) is 4.81. The first-order valence-electron chi connectivity index (χ1n) is 9.73. The molecule has 1 saturated heterocycles. The first kappa shape index (κ1) is 20.2. The first-order valence-corrected chi connectivity index (χ1v) is 9.73. The minimum atomic E-state index is -0.756. The Labute approximate surface area is 173 Å². The van der Waals surface area contributed by atoms with Gasteiger partial charge in [-0.05, 0) is 6.08 Å². The number of carbonyl (C=O) groups is 2. The summed E-state index contributed by atoms with van der Waals surface area (Å²) in [5, 5.41) is 5.05. The molecule has 4 rings (SSSR count). The Morgan fingerprint density at radius 2 is 2.17 bits per heavy atom. The summed E-state index contributed by atoms with van der Waals surface area (Å²) in [6, 6.07) is 0. The van der Waals surface area contributed by atoms with E-state index in [1.807, 2.05) is 17.2 Å². The molecule has 3 aliphatic rings. The van der Waals surface area contributed by atoms with Crippen LogP contribution in [0.4, 0.5) is 5.82 Å². The highest BCUT2D eigenvalue weighted by Gasteiger charge is 2.38. The Morgan fingerprint density at radius 1 is 1.33 bits per heavy atom. The van der Waals surface area contributed by atoms with Crippen LogP contribution in [-0.4, -0.2) is 74.9 Å². The number of Topliss-reactive ketones (excluding diaryl/α,β-unsaturated/α-hetero) is 1. The number of aromatic amines is 1. The lowest BCUT2D eigenvalue weighted by atomic mass is 10.1. The predicted octanol–water partition coefficient (Wildman–Crippen LogP) is 0.632. The highest BCUT2D eigenvalue weighted by molar-refractivity contribution is 6.26. The molecule has 0 unspecified atom stereocenters. The summed E-state index contributed by atoms with van der Waals surface area (Å²) in [7, 11) is 1.50. The van der Waals surface area contributed by atoms with Crippen molar-refractivity contribution in [2.24, 2.45) is 0 Å². The second kappa shape index (κ2) is 9.16. The Bertz CT molecular complexity index is 910. The largest absolute Gasteiger partial charge is 0.459 e. The van der Waals surface area contributed by atoms with Crippen molar-refractivity contribution in [1.82, 2.24) is 15.4 Å². The number of methoxy groups -OCH3 is 1. The van der Waals surface area contributed by atoms with Crippen molar-refractivity contribution in [3.63, 3.8) is 0 Å². The molecule has 0 saturated carbocycles. The molecule has 0 aromatic carbocycles. The van der Waals surface area contributed by atoms with Crippen LogP contribution in [0.5, 0.6) is 0 Å². The summed E-state index contributed by atoms with van der Waals surface area (Å²) in [5.41, 5.74) is 4.55. The molecule has 1 aromatic heterocycles. The molecule has 3 N–H and O–H groups in total. The summed E-state index contributed by atoms with van der Waals surface area (Å²) in [4.78, 5) is 28.7. The maximum Gasteiger partial charge on any atom is 0.347 e. The number of hydrazine groups is 1.